The molecule has 0 saturated carbocycles. The molecule has 4 heteroatoms. The number of rotatable bonds is 3. The average Bonchev–Trinajstić information content (AvgIpc) is 2.27. The highest BCUT2D eigenvalue weighted by molar-refractivity contribution is 9.10. The summed E-state index contributed by atoms with van der Waals surface area (Å²) in [5.41, 5.74) is 1.31. The molecule has 0 N–H and O–H groups in total. The quantitative estimate of drug-likeness (QED) is 0.635. The van der Waals surface area contributed by atoms with Crippen LogP contribution in [0.15, 0.2) is 46.0 Å². The van der Waals surface area contributed by atoms with Crippen LogP contribution >= 0.6 is 27.7 Å². The van der Waals surface area contributed by atoms with Gasteiger partial charge in [-0.2, -0.15) is 0 Å². The van der Waals surface area contributed by atoms with E-state index in [9.17, 15) is 0 Å². The number of hydrogen-bond donors (Lipinski definition) is 0. The van der Waals surface area contributed by atoms with E-state index < -0.39 is 0 Å². The van der Waals surface area contributed by atoms with E-state index in [1.165, 1.54) is 5.56 Å². The van der Waals surface area contributed by atoms with Gasteiger partial charge >= 0.3 is 0 Å². The van der Waals surface area contributed by atoms with Crippen molar-refractivity contribution in [2.45, 2.75) is 17.7 Å². The molecule has 0 atom stereocenters. The first-order valence-corrected chi connectivity index (χ1v) is 6.70. The molecule has 0 saturated heterocycles. The molecule has 0 bridgehead atoms. The van der Waals surface area contributed by atoms with Gasteiger partial charge in [-0.25, -0.2) is 9.97 Å². The maximum atomic E-state index is 4.37. The smallest absolute Gasteiger partial charge is 0.127 e. The van der Waals surface area contributed by atoms with Crippen LogP contribution in [0.3, 0.4) is 0 Å². The fraction of sp³-hybridized carbons (Fsp3) is 0.167. The third-order valence-electron chi connectivity index (χ3n) is 2.01. The molecule has 0 aliphatic carbocycles. The van der Waals surface area contributed by atoms with E-state index in [4.69, 9.17) is 0 Å². The Hall–Kier alpha value is -0.870. The predicted molar refractivity (Wildman–Crippen MR) is 70.5 cm³/mol. The van der Waals surface area contributed by atoms with Crippen molar-refractivity contribution >= 4 is 27.7 Å². The Balaban J connectivity index is 2.05. The van der Waals surface area contributed by atoms with Crippen molar-refractivity contribution < 1.29 is 0 Å². The largest absolute Gasteiger partial charge is 0.227 e. The lowest BCUT2D eigenvalue weighted by Crippen LogP contribution is -1.90. The van der Waals surface area contributed by atoms with Crippen molar-refractivity contribution in [3.05, 3.63) is 52.4 Å². The molecule has 16 heavy (non-hydrogen) atoms. The molecule has 2 aromatic rings. The Morgan fingerprint density at radius 3 is 2.62 bits per heavy atom. The van der Waals surface area contributed by atoms with Gasteiger partial charge < -0.3 is 0 Å². The van der Waals surface area contributed by atoms with Gasteiger partial charge in [-0.3, -0.25) is 0 Å². The Kier molecular flexibility index (Phi) is 3.96. The van der Waals surface area contributed by atoms with E-state index in [2.05, 4.69) is 50.2 Å². The maximum absolute atomic E-state index is 4.37. The molecule has 2 rings (SSSR count). The Morgan fingerprint density at radius 2 is 1.94 bits per heavy atom. The number of benzene rings is 1. The van der Waals surface area contributed by atoms with Gasteiger partial charge in [0.05, 0.1) is 0 Å². The van der Waals surface area contributed by atoms with Gasteiger partial charge in [-0.05, 0) is 28.4 Å². The molecule has 0 radical (unpaired) electrons. The van der Waals surface area contributed by atoms with E-state index in [1.807, 2.05) is 19.1 Å². The van der Waals surface area contributed by atoms with Crippen LogP contribution in [0, 0.1) is 6.92 Å². The molecule has 0 fully saturated rings. The van der Waals surface area contributed by atoms with E-state index >= 15 is 0 Å². The molecule has 1 heterocycles. The van der Waals surface area contributed by atoms with Crippen LogP contribution in [0.5, 0.6) is 0 Å². The molecular formula is C12H11BrN2S. The zero-order valence-corrected chi connectivity index (χ0v) is 11.3. The predicted octanol–water partition coefficient (Wildman–Crippen LogP) is 3.84. The van der Waals surface area contributed by atoms with Crippen LogP contribution in [0.25, 0.3) is 0 Å². The van der Waals surface area contributed by atoms with Crippen molar-refractivity contribution in [1.29, 1.82) is 0 Å². The molecule has 0 aliphatic heterocycles. The van der Waals surface area contributed by atoms with E-state index in [-0.39, 0.29) is 0 Å². The first-order valence-electron chi connectivity index (χ1n) is 4.92. The summed E-state index contributed by atoms with van der Waals surface area (Å²) >= 11 is 5.10. The normalized spacial score (nSPS) is 10.4. The monoisotopic (exact) mass is 294 g/mol. The van der Waals surface area contributed by atoms with Gasteiger partial charge in [0.25, 0.3) is 0 Å². The first-order chi connectivity index (χ1) is 7.74. The van der Waals surface area contributed by atoms with Crippen LogP contribution in [-0.2, 0) is 5.75 Å². The summed E-state index contributed by atoms with van der Waals surface area (Å²) in [6, 6.07) is 12.3. The Labute approximate surface area is 108 Å². The molecule has 0 aliphatic rings. The van der Waals surface area contributed by atoms with Crippen LogP contribution in [0.1, 0.15) is 11.4 Å². The lowest BCUT2D eigenvalue weighted by Gasteiger charge is -2.02. The summed E-state index contributed by atoms with van der Waals surface area (Å²) in [6.45, 7) is 1.90. The Bertz CT molecular complexity index is 453. The third-order valence-corrected chi connectivity index (χ3v) is 3.40. The molecule has 0 amide bonds. The molecular weight excluding hydrogens is 284 g/mol. The van der Waals surface area contributed by atoms with Gasteiger partial charge in [0, 0.05) is 11.8 Å². The van der Waals surface area contributed by atoms with Gasteiger partial charge in [0.15, 0.2) is 0 Å². The van der Waals surface area contributed by atoms with Crippen LogP contribution in [0.2, 0.25) is 0 Å². The van der Waals surface area contributed by atoms with Crippen molar-refractivity contribution in [2.24, 2.45) is 0 Å². The van der Waals surface area contributed by atoms with Crippen molar-refractivity contribution in [2.75, 3.05) is 0 Å². The standard InChI is InChI=1S/C12H11BrN2S/c1-9-14-11(13)7-12(15-9)16-8-10-5-3-2-4-6-10/h2-7H,8H2,1H3. The van der Waals surface area contributed by atoms with Gasteiger partial charge in [0.2, 0.25) is 0 Å². The van der Waals surface area contributed by atoms with Gasteiger partial charge in [0.1, 0.15) is 15.5 Å². The summed E-state index contributed by atoms with van der Waals surface area (Å²) in [5, 5.41) is 1.00. The first kappa shape index (κ1) is 11.6. The van der Waals surface area contributed by atoms with Crippen LogP contribution in [-0.4, -0.2) is 9.97 Å². The molecule has 1 aromatic carbocycles. The zero-order chi connectivity index (χ0) is 11.4. The Morgan fingerprint density at radius 1 is 1.19 bits per heavy atom. The van der Waals surface area contributed by atoms with Gasteiger partial charge in [-0.1, -0.05) is 30.3 Å². The zero-order valence-electron chi connectivity index (χ0n) is 8.85. The van der Waals surface area contributed by atoms with E-state index in [0.717, 1.165) is 21.2 Å². The maximum Gasteiger partial charge on any atom is 0.127 e. The average molecular weight is 295 g/mol. The number of halogens is 1. The number of hydrogen-bond acceptors (Lipinski definition) is 3. The van der Waals surface area contributed by atoms with Gasteiger partial charge in [-0.15, -0.1) is 11.8 Å². The number of nitrogens with zero attached hydrogens (tertiary/aromatic N) is 2. The number of thioether (sulfide) groups is 1. The van der Waals surface area contributed by atoms with E-state index in [0.29, 0.717) is 0 Å². The topological polar surface area (TPSA) is 25.8 Å². The summed E-state index contributed by atoms with van der Waals surface area (Å²) in [7, 11) is 0. The fourth-order valence-electron chi connectivity index (χ4n) is 1.31. The molecule has 2 nitrogen and oxygen atoms in total. The minimum atomic E-state index is 0.796. The second-order valence-electron chi connectivity index (χ2n) is 3.35. The molecule has 0 spiro atoms. The summed E-state index contributed by atoms with van der Waals surface area (Å²) in [5.74, 6) is 1.73. The third kappa shape index (κ3) is 3.32. The van der Waals surface area contributed by atoms with Crippen LogP contribution in [0.4, 0.5) is 0 Å². The summed E-state index contributed by atoms with van der Waals surface area (Å²) in [6.07, 6.45) is 0. The number of aromatic nitrogens is 2. The van der Waals surface area contributed by atoms with Crippen molar-refractivity contribution in [3.63, 3.8) is 0 Å². The van der Waals surface area contributed by atoms with E-state index in [1.54, 1.807) is 11.8 Å². The van der Waals surface area contributed by atoms with Crippen molar-refractivity contribution in [1.82, 2.24) is 9.97 Å². The van der Waals surface area contributed by atoms with Crippen LogP contribution < -0.4 is 0 Å². The molecule has 82 valence electrons. The lowest BCUT2D eigenvalue weighted by molar-refractivity contribution is 0.951. The lowest BCUT2D eigenvalue weighted by atomic mass is 10.2. The summed E-state index contributed by atoms with van der Waals surface area (Å²) < 4.78 is 0.843. The minimum Gasteiger partial charge on any atom is -0.227 e. The highest BCUT2D eigenvalue weighted by Crippen LogP contribution is 2.22. The fourth-order valence-corrected chi connectivity index (χ4v) is 2.83. The number of aryl methyl sites for hydroxylation is 1. The molecule has 0 unspecified atom stereocenters. The van der Waals surface area contributed by atoms with Crippen molar-refractivity contribution in [3.8, 4) is 0 Å². The highest BCUT2D eigenvalue weighted by atomic mass is 79.9. The second kappa shape index (κ2) is 5.46. The molecule has 1 aromatic heterocycles. The summed E-state index contributed by atoms with van der Waals surface area (Å²) in [4.78, 5) is 8.55. The second-order valence-corrected chi connectivity index (χ2v) is 5.16. The highest BCUT2D eigenvalue weighted by Gasteiger charge is 2.01. The SMILES string of the molecule is Cc1nc(Br)cc(SCc2ccccc2)n1. The minimum absolute atomic E-state index is 0.796.